The number of esters is 1. The monoisotopic (exact) mass is 364 g/mol. The molecule has 0 rings (SSSR count). The summed E-state index contributed by atoms with van der Waals surface area (Å²) < 4.78 is 16.0. The van der Waals surface area contributed by atoms with E-state index in [0.29, 0.717) is 18.6 Å². The molecule has 0 amide bonds. The molecule has 1 atom stereocenters. The van der Waals surface area contributed by atoms with Crippen molar-refractivity contribution in [2.24, 2.45) is 0 Å². The highest BCUT2D eigenvalue weighted by Crippen LogP contribution is 2.43. The first kappa shape index (κ1) is 22.8. The Morgan fingerprint density at radius 2 is 1.46 bits per heavy atom. The molecule has 7 nitrogen and oxygen atoms in total. The van der Waals surface area contributed by atoms with Crippen molar-refractivity contribution in [1.29, 1.82) is 0 Å². The Morgan fingerprint density at radius 1 is 1.00 bits per heavy atom. The Bertz CT molecular complexity index is 455. The number of carbonyl (C=O) groups excluding carboxylic acids is 1. The molecular formula is C16H29O7P. The van der Waals surface area contributed by atoms with Gasteiger partial charge in [0.2, 0.25) is 0 Å². The van der Waals surface area contributed by atoms with E-state index in [4.69, 9.17) is 19.6 Å². The summed E-state index contributed by atoms with van der Waals surface area (Å²) in [7, 11) is -4.56. The number of hydrogen-bond acceptors (Lipinski definition) is 4. The molecule has 0 bridgehead atoms. The fourth-order valence-electron chi connectivity index (χ4n) is 2.22. The fraction of sp³-hybridized carbons (Fsp3) is 0.750. The van der Waals surface area contributed by atoms with Crippen molar-refractivity contribution in [2.75, 3.05) is 6.61 Å². The van der Waals surface area contributed by atoms with Crippen LogP contribution in [0.1, 0.15) is 64.7 Å². The number of carbonyl (C=O) groups is 2. The smallest absolute Gasteiger partial charge is 0.339 e. The van der Waals surface area contributed by atoms with Crippen molar-refractivity contribution in [1.82, 2.24) is 0 Å². The van der Waals surface area contributed by atoms with E-state index in [9.17, 15) is 14.2 Å². The SMILES string of the molecule is C=C(C)C(=O)OCCCCCCCCCCC(C(=O)O)P(=O)(O)O. The van der Waals surface area contributed by atoms with Crippen LogP contribution in [0.3, 0.4) is 0 Å². The lowest BCUT2D eigenvalue weighted by molar-refractivity contribution is -0.139. The number of unbranched alkanes of at least 4 members (excludes halogenated alkanes) is 7. The van der Waals surface area contributed by atoms with E-state index in [1.807, 2.05) is 0 Å². The number of ether oxygens (including phenoxy) is 1. The molecule has 0 aliphatic carbocycles. The summed E-state index contributed by atoms with van der Waals surface area (Å²) in [5.74, 6) is -1.79. The summed E-state index contributed by atoms with van der Waals surface area (Å²) in [6, 6.07) is 0. The third-order valence-corrected chi connectivity index (χ3v) is 4.94. The lowest BCUT2D eigenvalue weighted by atomic mass is 10.1. The molecular weight excluding hydrogens is 335 g/mol. The van der Waals surface area contributed by atoms with Gasteiger partial charge in [0.15, 0.2) is 5.66 Å². The number of rotatable bonds is 14. The first-order chi connectivity index (χ1) is 11.2. The molecule has 1 unspecified atom stereocenters. The van der Waals surface area contributed by atoms with Gasteiger partial charge in [-0.25, -0.2) is 4.79 Å². The molecule has 0 heterocycles. The van der Waals surface area contributed by atoms with Crippen molar-refractivity contribution >= 4 is 19.5 Å². The number of aliphatic carboxylic acids is 1. The largest absolute Gasteiger partial charge is 0.481 e. The Hall–Kier alpha value is -1.17. The van der Waals surface area contributed by atoms with E-state index >= 15 is 0 Å². The third-order valence-electron chi connectivity index (χ3n) is 3.64. The normalized spacial score (nSPS) is 12.6. The second-order valence-electron chi connectivity index (χ2n) is 5.98. The van der Waals surface area contributed by atoms with Gasteiger partial charge >= 0.3 is 19.5 Å². The molecule has 140 valence electrons. The molecule has 24 heavy (non-hydrogen) atoms. The van der Waals surface area contributed by atoms with Crippen molar-refractivity contribution in [3.8, 4) is 0 Å². The van der Waals surface area contributed by atoms with Crippen molar-refractivity contribution in [2.45, 2.75) is 70.4 Å². The Morgan fingerprint density at radius 3 is 1.88 bits per heavy atom. The van der Waals surface area contributed by atoms with Crippen LogP contribution < -0.4 is 0 Å². The third kappa shape index (κ3) is 11.4. The summed E-state index contributed by atoms with van der Waals surface area (Å²) >= 11 is 0. The Kier molecular flexibility index (Phi) is 11.6. The maximum atomic E-state index is 11.1. The Balaban J connectivity index is 3.52. The summed E-state index contributed by atoms with van der Waals surface area (Å²) in [6.45, 7) is 5.52. The zero-order valence-electron chi connectivity index (χ0n) is 14.3. The van der Waals surface area contributed by atoms with Gasteiger partial charge in [-0.15, -0.1) is 0 Å². The molecule has 0 saturated heterocycles. The highest BCUT2D eigenvalue weighted by molar-refractivity contribution is 7.53. The highest BCUT2D eigenvalue weighted by atomic mass is 31.2. The van der Waals surface area contributed by atoms with Gasteiger partial charge in [0.25, 0.3) is 0 Å². The van der Waals surface area contributed by atoms with Gasteiger partial charge in [0, 0.05) is 5.57 Å². The molecule has 0 spiro atoms. The molecule has 0 saturated carbocycles. The molecule has 8 heteroatoms. The lowest BCUT2D eigenvalue weighted by Gasteiger charge is -2.13. The summed E-state index contributed by atoms with van der Waals surface area (Å²) in [6.07, 6.45) is 7.05. The van der Waals surface area contributed by atoms with E-state index in [2.05, 4.69) is 6.58 Å². The highest BCUT2D eigenvalue weighted by Gasteiger charge is 2.34. The number of carboxylic acid groups (broad SMARTS) is 1. The van der Waals surface area contributed by atoms with E-state index < -0.39 is 19.2 Å². The van der Waals surface area contributed by atoms with Gasteiger partial charge in [-0.1, -0.05) is 51.5 Å². The Labute approximate surface area is 143 Å². The predicted octanol–water partition coefficient (Wildman–Crippen LogP) is 3.25. The summed E-state index contributed by atoms with van der Waals surface area (Å²) in [5, 5.41) is 8.79. The molecule has 0 aliphatic heterocycles. The zero-order chi connectivity index (χ0) is 18.6. The van der Waals surface area contributed by atoms with Crippen LogP contribution in [0.5, 0.6) is 0 Å². The first-order valence-electron chi connectivity index (χ1n) is 8.27. The summed E-state index contributed by atoms with van der Waals surface area (Å²) in [5.41, 5.74) is -1.18. The van der Waals surface area contributed by atoms with Crippen LogP contribution in [0, 0.1) is 0 Å². The van der Waals surface area contributed by atoms with Gasteiger partial charge in [-0.05, 0) is 19.8 Å². The van der Waals surface area contributed by atoms with Gasteiger partial charge in [0.05, 0.1) is 6.61 Å². The first-order valence-corrected chi connectivity index (χ1v) is 9.95. The molecule has 0 aromatic heterocycles. The molecule has 0 radical (unpaired) electrons. The van der Waals surface area contributed by atoms with E-state index in [0.717, 1.165) is 44.9 Å². The maximum Gasteiger partial charge on any atom is 0.339 e. The lowest BCUT2D eigenvalue weighted by Crippen LogP contribution is -2.20. The standard InChI is InChI=1S/C16H29O7P/c1-13(2)16(19)23-12-10-8-6-4-3-5-7-9-11-14(15(17)18)24(20,21)22/h14H,1,3-12H2,2H3,(H,17,18)(H2,20,21,22). The van der Waals surface area contributed by atoms with Crippen molar-refractivity contribution in [3.05, 3.63) is 12.2 Å². The summed E-state index contributed by atoms with van der Waals surface area (Å²) in [4.78, 5) is 39.8. The number of hydrogen-bond donors (Lipinski definition) is 3. The molecule has 0 fully saturated rings. The maximum absolute atomic E-state index is 11.1. The minimum Gasteiger partial charge on any atom is -0.481 e. The van der Waals surface area contributed by atoms with Crippen molar-refractivity contribution in [3.63, 3.8) is 0 Å². The average Bonchev–Trinajstić information content (AvgIpc) is 2.46. The van der Waals surface area contributed by atoms with E-state index in [-0.39, 0.29) is 12.4 Å². The quantitative estimate of drug-likeness (QED) is 0.187. The van der Waals surface area contributed by atoms with Crippen LogP contribution in [-0.2, 0) is 18.9 Å². The van der Waals surface area contributed by atoms with Gasteiger partial charge in [-0.2, -0.15) is 0 Å². The second kappa shape index (κ2) is 12.2. The van der Waals surface area contributed by atoms with Crippen molar-refractivity contribution < 1.29 is 33.8 Å². The minimum absolute atomic E-state index is 0.00764. The van der Waals surface area contributed by atoms with Crippen LogP contribution in [-0.4, -0.2) is 39.1 Å². The van der Waals surface area contributed by atoms with E-state index in [1.165, 1.54) is 0 Å². The topological polar surface area (TPSA) is 121 Å². The number of carboxylic acids is 1. The zero-order valence-corrected chi connectivity index (χ0v) is 15.2. The van der Waals surface area contributed by atoms with Crippen LogP contribution in [0.25, 0.3) is 0 Å². The predicted molar refractivity (Wildman–Crippen MR) is 90.8 cm³/mol. The van der Waals surface area contributed by atoms with Crippen LogP contribution in [0.4, 0.5) is 0 Å². The molecule has 3 N–H and O–H groups in total. The van der Waals surface area contributed by atoms with Gasteiger partial charge in [0.1, 0.15) is 0 Å². The minimum atomic E-state index is -4.56. The molecule has 0 aromatic rings. The van der Waals surface area contributed by atoms with Gasteiger partial charge in [-0.3, -0.25) is 9.36 Å². The second-order valence-corrected chi connectivity index (χ2v) is 7.78. The van der Waals surface area contributed by atoms with Crippen LogP contribution in [0.2, 0.25) is 0 Å². The van der Waals surface area contributed by atoms with Gasteiger partial charge < -0.3 is 19.6 Å². The van der Waals surface area contributed by atoms with E-state index in [1.54, 1.807) is 6.92 Å². The average molecular weight is 364 g/mol. The fourth-order valence-corrected chi connectivity index (χ4v) is 3.03. The van der Waals surface area contributed by atoms with Crippen LogP contribution >= 0.6 is 7.60 Å². The molecule has 0 aliphatic rings. The molecule has 0 aromatic carbocycles. The van der Waals surface area contributed by atoms with Crippen LogP contribution in [0.15, 0.2) is 12.2 Å².